The zero-order valence-corrected chi connectivity index (χ0v) is 12.1. The minimum atomic E-state index is 0.574. The van der Waals surface area contributed by atoms with Gasteiger partial charge in [-0.2, -0.15) is 0 Å². The van der Waals surface area contributed by atoms with Gasteiger partial charge in [-0.05, 0) is 44.4 Å². The first-order valence-electron chi connectivity index (χ1n) is 8.22. The first-order valence-corrected chi connectivity index (χ1v) is 8.22. The number of rotatable bonds is 3. The van der Waals surface area contributed by atoms with Crippen molar-refractivity contribution in [3.8, 4) is 0 Å². The van der Waals surface area contributed by atoms with Crippen molar-refractivity contribution in [2.24, 2.45) is 5.92 Å². The summed E-state index contributed by atoms with van der Waals surface area (Å²) in [6, 6.07) is 2.68. The Kier molecular flexibility index (Phi) is 3.04. The van der Waals surface area contributed by atoms with Gasteiger partial charge in [0.1, 0.15) is 17.5 Å². The molecule has 0 bridgehead atoms. The molecule has 108 valence electrons. The predicted octanol–water partition coefficient (Wildman–Crippen LogP) is 3.10. The number of hydrogen-bond donors (Lipinski definition) is 1. The van der Waals surface area contributed by atoms with Gasteiger partial charge in [-0.25, -0.2) is 9.97 Å². The molecule has 2 N–H and O–H groups in total. The number of aromatic nitrogens is 2. The van der Waals surface area contributed by atoms with Crippen LogP contribution < -0.4 is 10.6 Å². The van der Waals surface area contributed by atoms with E-state index in [1.807, 2.05) is 6.07 Å². The van der Waals surface area contributed by atoms with Gasteiger partial charge < -0.3 is 10.6 Å². The third-order valence-electron chi connectivity index (χ3n) is 5.23. The Labute approximate surface area is 120 Å². The first kappa shape index (κ1) is 12.4. The molecule has 20 heavy (non-hydrogen) atoms. The largest absolute Gasteiger partial charge is 0.384 e. The zero-order chi connectivity index (χ0) is 13.5. The number of nitrogens with zero attached hydrogens (tertiary/aromatic N) is 3. The van der Waals surface area contributed by atoms with Crippen molar-refractivity contribution in [3.05, 3.63) is 11.9 Å². The Hall–Kier alpha value is -1.32. The summed E-state index contributed by atoms with van der Waals surface area (Å²) >= 11 is 0. The lowest BCUT2D eigenvalue weighted by Gasteiger charge is -2.30. The number of nitrogen functional groups attached to an aromatic ring is 1. The van der Waals surface area contributed by atoms with E-state index in [9.17, 15) is 0 Å². The molecule has 0 aromatic carbocycles. The SMILES string of the molecule is Nc1cc(N2CCCC2C2CCCC2)nc(C2CC2)n1. The summed E-state index contributed by atoms with van der Waals surface area (Å²) < 4.78 is 0. The van der Waals surface area contributed by atoms with E-state index < -0.39 is 0 Å². The summed E-state index contributed by atoms with van der Waals surface area (Å²) in [6.07, 6.45) is 10.7. The number of anilines is 2. The van der Waals surface area contributed by atoms with Gasteiger partial charge in [0.2, 0.25) is 0 Å². The molecule has 2 saturated carbocycles. The van der Waals surface area contributed by atoms with E-state index in [-0.39, 0.29) is 0 Å². The van der Waals surface area contributed by atoms with Crippen molar-refractivity contribution in [3.63, 3.8) is 0 Å². The average molecular weight is 272 g/mol. The molecular weight excluding hydrogens is 248 g/mol. The molecule has 3 aliphatic rings. The second-order valence-corrected chi connectivity index (χ2v) is 6.73. The highest BCUT2D eigenvalue weighted by Gasteiger charge is 2.35. The topological polar surface area (TPSA) is 55.0 Å². The lowest BCUT2D eigenvalue weighted by Crippen LogP contribution is -2.35. The Morgan fingerprint density at radius 2 is 1.80 bits per heavy atom. The summed E-state index contributed by atoms with van der Waals surface area (Å²) in [5, 5.41) is 0. The summed E-state index contributed by atoms with van der Waals surface area (Å²) in [6.45, 7) is 1.14. The van der Waals surface area contributed by atoms with Gasteiger partial charge in [0.05, 0.1) is 0 Å². The highest BCUT2D eigenvalue weighted by atomic mass is 15.2. The van der Waals surface area contributed by atoms with Crippen LogP contribution in [0.2, 0.25) is 0 Å². The summed E-state index contributed by atoms with van der Waals surface area (Å²) in [5.41, 5.74) is 6.01. The molecule has 0 amide bonds. The van der Waals surface area contributed by atoms with Crippen LogP contribution in [0.5, 0.6) is 0 Å². The van der Waals surface area contributed by atoms with E-state index in [0.717, 1.165) is 24.1 Å². The molecule has 2 aliphatic carbocycles. The maximum absolute atomic E-state index is 6.01. The van der Waals surface area contributed by atoms with Gasteiger partial charge in [0.25, 0.3) is 0 Å². The number of hydrogen-bond acceptors (Lipinski definition) is 4. The fraction of sp³-hybridized carbons (Fsp3) is 0.750. The van der Waals surface area contributed by atoms with Crippen LogP contribution in [-0.2, 0) is 0 Å². The van der Waals surface area contributed by atoms with E-state index in [0.29, 0.717) is 17.8 Å². The van der Waals surface area contributed by atoms with Crippen molar-refractivity contribution in [1.29, 1.82) is 0 Å². The summed E-state index contributed by atoms with van der Waals surface area (Å²) in [4.78, 5) is 11.8. The normalized spacial score (nSPS) is 27.4. The summed E-state index contributed by atoms with van der Waals surface area (Å²) in [7, 11) is 0. The maximum Gasteiger partial charge on any atom is 0.136 e. The Morgan fingerprint density at radius 1 is 1.00 bits per heavy atom. The van der Waals surface area contributed by atoms with Gasteiger partial charge in [0, 0.05) is 24.6 Å². The van der Waals surface area contributed by atoms with Crippen LogP contribution in [0.3, 0.4) is 0 Å². The Bertz CT molecular complexity index is 491. The summed E-state index contributed by atoms with van der Waals surface area (Å²) in [5.74, 6) is 4.17. The van der Waals surface area contributed by atoms with Gasteiger partial charge >= 0.3 is 0 Å². The molecular formula is C16H24N4. The van der Waals surface area contributed by atoms with Crippen LogP contribution in [0, 0.1) is 5.92 Å². The molecule has 3 fully saturated rings. The highest BCUT2D eigenvalue weighted by molar-refractivity contribution is 5.49. The average Bonchev–Trinajstić information content (AvgIpc) is 2.96. The van der Waals surface area contributed by atoms with E-state index in [1.165, 1.54) is 51.4 Å². The van der Waals surface area contributed by atoms with Crippen molar-refractivity contribution in [2.45, 2.75) is 63.3 Å². The van der Waals surface area contributed by atoms with E-state index in [4.69, 9.17) is 10.7 Å². The zero-order valence-electron chi connectivity index (χ0n) is 12.1. The van der Waals surface area contributed by atoms with Crippen molar-refractivity contribution < 1.29 is 0 Å². The fourth-order valence-electron chi connectivity index (χ4n) is 4.05. The van der Waals surface area contributed by atoms with Crippen LogP contribution in [-0.4, -0.2) is 22.6 Å². The molecule has 0 spiro atoms. The Balaban J connectivity index is 1.61. The highest BCUT2D eigenvalue weighted by Crippen LogP contribution is 2.41. The monoisotopic (exact) mass is 272 g/mol. The molecule has 1 aromatic heterocycles. The van der Waals surface area contributed by atoms with Crippen LogP contribution in [0.4, 0.5) is 11.6 Å². The van der Waals surface area contributed by atoms with Crippen LogP contribution >= 0.6 is 0 Å². The molecule has 4 nitrogen and oxygen atoms in total. The third kappa shape index (κ3) is 2.25. The lowest BCUT2D eigenvalue weighted by atomic mass is 9.96. The van der Waals surface area contributed by atoms with E-state index >= 15 is 0 Å². The molecule has 1 saturated heterocycles. The standard InChI is InChI=1S/C16H24N4/c17-14-10-15(19-16(18-14)12-7-8-12)20-9-3-6-13(20)11-4-1-2-5-11/h10-13H,1-9H2,(H2,17,18,19). The molecule has 1 unspecified atom stereocenters. The minimum Gasteiger partial charge on any atom is -0.384 e. The molecule has 1 aromatic rings. The maximum atomic E-state index is 6.01. The van der Waals surface area contributed by atoms with Crippen LogP contribution in [0.1, 0.15) is 63.1 Å². The third-order valence-corrected chi connectivity index (χ3v) is 5.23. The first-order chi connectivity index (χ1) is 9.81. The van der Waals surface area contributed by atoms with Crippen LogP contribution in [0.15, 0.2) is 6.07 Å². The second kappa shape index (κ2) is 4.90. The van der Waals surface area contributed by atoms with Gasteiger partial charge in [-0.3, -0.25) is 0 Å². The molecule has 0 radical (unpaired) electrons. The fourth-order valence-corrected chi connectivity index (χ4v) is 4.05. The van der Waals surface area contributed by atoms with Gasteiger partial charge in [0.15, 0.2) is 0 Å². The van der Waals surface area contributed by atoms with Gasteiger partial charge in [-0.1, -0.05) is 12.8 Å². The molecule has 4 rings (SSSR count). The Morgan fingerprint density at radius 3 is 2.55 bits per heavy atom. The van der Waals surface area contributed by atoms with Crippen molar-refractivity contribution in [1.82, 2.24) is 9.97 Å². The van der Waals surface area contributed by atoms with Crippen molar-refractivity contribution >= 4 is 11.6 Å². The second-order valence-electron chi connectivity index (χ2n) is 6.73. The van der Waals surface area contributed by atoms with Gasteiger partial charge in [-0.15, -0.1) is 0 Å². The number of nitrogens with two attached hydrogens (primary N) is 1. The van der Waals surface area contributed by atoms with Crippen molar-refractivity contribution in [2.75, 3.05) is 17.2 Å². The lowest BCUT2D eigenvalue weighted by molar-refractivity contribution is 0.429. The molecule has 1 atom stereocenters. The van der Waals surface area contributed by atoms with E-state index in [2.05, 4.69) is 9.88 Å². The smallest absolute Gasteiger partial charge is 0.136 e. The van der Waals surface area contributed by atoms with E-state index in [1.54, 1.807) is 0 Å². The predicted molar refractivity (Wildman–Crippen MR) is 80.7 cm³/mol. The quantitative estimate of drug-likeness (QED) is 0.918. The van der Waals surface area contributed by atoms with Crippen LogP contribution in [0.25, 0.3) is 0 Å². The minimum absolute atomic E-state index is 0.574. The molecule has 4 heteroatoms. The molecule has 2 heterocycles. The molecule has 1 aliphatic heterocycles.